The molecule has 0 saturated carbocycles. The first-order valence-corrected chi connectivity index (χ1v) is 4.99. The Balaban J connectivity index is 2.52. The van der Waals surface area contributed by atoms with Gasteiger partial charge in [-0.3, -0.25) is 0 Å². The summed E-state index contributed by atoms with van der Waals surface area (Å²) >= 11 is 5.85. The quantitative estimate of drug-likeness (QED) is 0.849. The van der Waals surface area contributed by atoms with E-state index in [9.17, 15) is 0 Å². The van der Waals surface area contributed by atoms with E-state index in [4.69, 9.17) is 16.0 Å². The third-order valence-corrected chi connectivity index (χ3v) is 2.28. The molecule has 0 aliphatic heterocycles. The van der Waals surface area contributed by atoms with Gasteiger partial charge in [0.2, 0.25) is 5.89 Å². The number of oxazole rings is 1. The minimum atomic E-state index is 0.613. The topological polar surface area (TPSA) is 38.1 Å². The van der Waals surface area contributed by atoms with Crippen LogP contribution in [0.2, 0.25) is 5.02 Å². The van der Waals surface area contributed by atoms with Crippen molar-refractivity contribution in [3.8, 4) is 0 Å². The highest BCUT2D eigenvalue weighted by Gasteiger charge is 2.07. The van der Waals surface area contributed by atoms with E-state index in [1.807, 2.05) is 26.2 Å². The Morgan fingerprint density at radius 2 is 2.33 bits per heavy atom. The number of aromatic nitrogens is 1. The van der Waals surface area contributed by atoms with Crippen LogP contribution in [0.3, 0.4) is 0 Å². The zero-order valence-corrected chi connectivity index (χ0v) is 9.30. The second kappa shape index (κ2) is 3.95. The van der Waals surface area contributed by atoms with Crippen molar-refractivity contribution in [3.63, 3.8) is 0 Å². The molecule has 78 valence electrons. The molecule has 0 aliphatic rings. The summed E-state index contributed by atoms with van der Waals surface area (Å²) in [4.78, 5) is 4.34. The van der Waals surface area contributed by atoms with Crippen LogP contribution in [-0.4, -0.2) is 12.0 Å². The predicted molar refractivity (Wildman–Crippen MR) is 61.7 cm³/mol. The lowest BCUT2D eigenvalue weighted by atomic mass is 10.3. The summed E-state index contributed by atoms with van der Waals surface area (Å²) in [5.41, 5.74) is 2.48. The highest BCUT2D eigenvalue weighted by atomic mass is 35.5. The van der Waals surface area contributed by atoms with Crippen LogP contribution in [0.15, 0.2) is 28.8 Å². The summed E-state index contributed by atoms with van der Waals surface area (Å²) in [6, 6.07) is 5.41. The van der Waals surface area contributed by atoms with Gasteiger partial charge in [0.05, 0.1) is 0 Å². The highest BCUT2D eigenvalue weighted by Crippen LogP contribution is 2.23. The first-order valence-electron chi connectivity index (χ1n) is 4.61. The smallest absolute Gasteiger partial charge is 0.224 e. The molecule has 0 aliphatic carbocycles. The van der Waals surface area contributed by atoms with Crippen LogP contribution < -0.4 is 5.32 Å². The molecular weight excluding hydrogens is 212 g/mol. The summed E-state index contributed by atoms with van der Waals surface area (Å²) < 4.78 is 5.56. The first kappa shape index (κ1) is 10.1. The number of benzene rings is 1. The van der Waals surface area contributed by atoms with Gasteiger partial charge in [0, 0.05) is 29.9 Å². The van der Waals surface area contributed by atoms with E-state index in [-0.39, 0.29) is 0 Å². The lowest BCUT2D eigenvalue weighted by Crippen LogP contribution is -1.94. The molecule has 4 heteroatoms. The van der Waals surface area contributed by atoms with Crippen LogP contribution in [0.4, 0.5) is 0 Å². The average molecular weight is 223 g/mol. The monoisotopic (exact) mass is 222 g/mol. The zero-order valence-electron chi connectivity index (χ0n) is 8.54. The summed E-state index contributed by atoms with van der Waals surface area (Å²) in [6.45, 7) is 1.93. The third kappa shape index (κ3) is 1.97. The minimum Gasteiger partial charge on any atom is -0.436 e. The number of nitrogens with one attached hydrogen (secondary N) is 1. The van der Waals surface area contributed by atoms with Crippen LogP contribution >= 0.6 is 11.6 Å². The standard InChI is InChI=1S/C11H11ClN2O/c1-7(6-13-2)11-14-9-4-3-8(12)5-10(9)15-11/h3-6,13H,1-2H3/b7-6+. The van der Waals surface area contributed by atoms with Gasteiger partial charge in [0.25, 0.3) is 0 Å². The Hall–Kier alpha value is -1.48. The number of nitrogens with zero attached hydrogens (tertiary/aromatic N) is 1. The molecule has 1 heterocycles. The van der Waals surface area contributed by atoms with Crippen LogP contribution in [0.5, 0.6) is 0 Å². The normalized spacial score (nSPS) is 12.1. The van der Waals surface area contributed by atoms with Crippen LogP contribution in [-0.2, 0) is 0 Å². The Morgan fingerprint density at radius 3 is 3.07 bits per heavy atom. The van der Waals surface area contributed by atoms with Gasteiger partial charge < -0.3 is 9.73 Å². The Morgan fingerprint density at radius 1 is 1.53 bits per heavy atom. The van der Waals surface area contributed by atoms with Gasteiger partial charge in [-0.25, -0.2) is 4.98 Å². The largest absolute Gasteiger partial charge is 0.436 e. The van der Waals surface area contributed by atoms with Gasteiger partial charge in [0.1, 0.15) is 5.52 Å². The minimum absolute atomic E-state index is 0.613. The van der Waals surface area contributed by atoms with Crippen LogP contribution in [0, 0.1) is 0 Å². The number of allylic oxidation sites excluding steroid dienone is 1. The summed E-state index contributed by atoms with van der Waals surface area (Å²) in [5, 5.41) is 3.59. The fraction of sp³-hybridized carbons (Fsp3) is 0.182. The summed E-state index contributed by atoms with van der Waals surface area (Å²) in [5.74, 6) is 0.613. The fourth-order valence-corrected chi connectivity index (χ4v) is 1.51. The van der Waals surface area contributed by atoms with Gasteiger partial charge in [-0.05, 0) is 19.1 Å². The molecular formula is C11H11ClN2O. The Bertz CT molecular complexity index is 516. The molecule has 0 fully saturated rings. The summed E-state index contributed by atoms with van der Waals surface area (Å²) in [7, 11) is 1.84. The van der Waals surface area contributed by atoms with E-state index >= 15 is 0 Å². The molecule has 15 heavy (non-hydrogen) atoms. The first-order chi connectivity index (χ1) is 7.20. The maximum absolute atomic E-state index is 5.85. The maximum atomic E-state index is 5.85. The lowest BCUT2D eigenvalue weighted by Gasteiger charge is -1.92. The van der Waals surface area contributed by atoms with Gasteiger partial charge >= 0.3 is 0 Å². The number of hydrogen-bond donors (Lipinski definition) is 1. The van der Waals surface area contributed by atoms with Gasteiger partial charge in [-0.1, -0.05) is 11.6 Å². The maximum Gasteiger partial charge on any atom is 0.224 e. The molecule has 1 aromatic carbocycles. The van der Waals surface area contributed by atoms with Crippen molar-refractivity contribution in [3.05, 3.63) is 35.3 Å². The lowest BCUT2D eigenvalue weighted by molar-refractivity contribution is 0.583. The molecule has 1 N–H and O–H groups in total. The van der Waals surface area contributed by atoms with Crippen molar-refractivity contribution in [1.82, 2.24) is 10.3 Å². The van der Waals surface area contributed by atoms with Crippen molar-refractivity contribution >= 4 is 28.3 Å². The van der Waals surface area contributed by atoms with Crippen molar-refractivity contribution in [2.45, 2.75) is 6.92 Å². The molecule has 0 unspecified atom stereocenters. The van der Waals surface area contributed by atoms with E-state index < -0.39 is 0 Å². The summed E-state index contributed by atoms with van der Waals surface area (Å²) in [6.07, 6.45) is 1.84. The second-order valence-electron chi connectivity index (χ2n) is 3.25. The van der Waals surface area contributed by atoms with Crippen molar-refractivity contribution in [1.29, 1.82) is 0 Å². The molecule has 2 rings (SSSR count). The number of hydrogen-bond acceptors (Lipinski definition) is 3. The van der Waals surface area contributed by atoms with Crippen molar-refractivity contribution < 1.29 is 4.42 Å². The SMILES string of the molecule is CN/C=C(\C)c1nc2ccc(Cl)cc2o1. The number of rotatable bonds is 2. The number of halogens is 1. The molecule has 0 radical (unpaired) electrons. The molecule has 1 aromatic heterocycles. The van der Waals surface area contributed by atoms with E-state index in [1.54, 1.807) is 12.1 Å². The van der Waals surface area contributed by atoms with E-state index in [0.717, 1.165) is 11.1 Å². The van der Waals surface area contributed by atoms with E-state index in [2.05, 4.69) is 10.3 Å². The molecule has 2 aromatic rings. The molecule has 0 spiro atoms. The van der Waals surface area contributed by atoms with Crippen molar-refractivity contribution in [2.75, 3.05) is 7.05 Å². The van der Waals surface area contributed by atoms with E-state index in [1.165, 1.54) is 0 Å². The van der Waals surface area contributed by atoms with E-state index in [0.29, 0.717) is 16.5 Å². The Kier molecular flexibility index (Phi) is 2.64. The molecule has 3 nitrogen and oxygen atoms in total. The van der Waals surface area contributed by atoms with Gasteiger partial charge in [-0.2, -0.15) is 0 Å². The Labute approximate surface area is 92.8 Å². The molecule has 0 atom stereocenters. The zero-order chi connectivity index (χ0) is 10.8. The predicted octanol–water partition coefficient (Wildman–Crippen LogP) is 3.06. The van der Waals surface area contributed by atoms with Crippen LogP contribution in [0.1, 0.15) is 12.8 Å². The third-order valence-electron chi connectivity index (χ3n) is 2.05. The van der Waals surface area contributed by atoms with Crippen LogP contribution in [0.25, 0.3) is 16.7 Å². The highest BCUT2D eigenvalue weighted by molar-refractivity contribution is 6.31. The molecule has 0 saturated heterocycles. The molecule has 0 bridgehead atoms. The van der Waals surface area contributed by atoms with Gasteiger partial charge in [-0.15, -0.1) is 0 Å². The second-order valence-corrected chi connectivity index (χ2v) is 3.68. The van der Waals surface area contributed by atoms with Crippen molar-refractivity contribution in [2.24, 2.45) is 0 Å². The van der Waals surface area contributed by atoms with Gasteiger partial charge in [0.15, 0.2) is 5.58 Å². The fourth-order valence-electron chi connectivity index (χ4n) is 1.35. The average Bonchev–Trinajstić information content (AvgIpc) is 2.60. The molecule has 0 amide bonds. The number of fused-ring (bicyclic) bond motifs is 1.